The van der Waals surface area contributed by atoms with Crippen molar-refractivity contribution in [2.45, 2.75) is 30.9 Å². The van der Waals surface area contributed by atoms with E-state index in [0.717, 1.165) is 0 Å². The number of alkyl halides is 15. The molecule has 0 rings (SSSR count). The summed E-state index contributed by atoms with van der Waals surface area (Å²) in [5, 5.41) is 44.1. The molecule has 5 nitrogen and oxygen atoms in total. The molecule has 0 aliphatic rings. The maximum Gasteiger partial charge on any atom is 5.00 e. The largest absolute Gasteiger partial charge is 5.00 e. The van der Waals surface area contributed by atoms with Crippen LogP contribution < -0.4 is 25.5 Å². The summed E-state index contributed by atoms with van der Waals surface area (Å²) in [6.45, 7) is -9.90. The fourth-order valence-electron chi connectivity index (χ4n) is 0. The van der Waals surface area contributed by atoms with Gasteiger partial charge in [-0.3, -0.25) is 0 Å². The molecule has 0 spiro atoms. The molecule has 0 heterocycles. The third-order valence-corrected chi connectivity index (χ3v) is 0.818. The van der Waals surface area contributed by atoms with Gasteiger partial charge in [-0.2, -0.15) is 65.9 Å². The Balaban J connectivity index is -0.0000000625. The van der Waals surface area contributed by atoms with E-state index in [-0.39, 0.29) is 22.4 Å². The molecule has 0 atom stereocenters. The van der Waals surface area contributed by atoms with Crippen molar-refractivity contribution in [3.05, 3.63) is 0 Å². The second-order valence-corrected chi connectivity index (χ2v) is 3.80. The molecule has 0 amide bonds. The maximum atomic E-state index is 10.5. The fraction of sp³-hybridized carbons (Fsp3) is 1.00. The van der Waals surface area contributed by atoms with Gasteiger partial charge < -0.3 is 25.5 Å². The van der Waals surface area contributed by atoms with E-state index in [0.29, 0.717) is 0 Å². The zero-order chi connectivity index (χ0) is 26.0. The Hall–Kier alpha value is -0.510. The Labute approximate surface area is 178 Å². The summed E-state index contributed by atoms with van der Waals surface area (Å²) < 4.78 is 157. The van der Waals surface area contributed by atoms with Crippen LogP contribution in [-0.2, 0) is 22.4 Å². The molecule has 0 unspecified atom stereocenters. The molecule has 0 aliphatic heterocycles. The molecule has 31 heavy (non-hydrogen) atoms. The molecule has 0 aliphatic carbocycles. The monoisotopic (exact) mass is 588 g/mol. The van der Waals surface area contributed by atoms with E-state index >= 15 is 0 Å². The quantitative estimate of drug-likeness (QED) is 0.281. The van der Waals surface area contributed by atoms with Crippen molar-refractivity contribution in [2.24, 2.45) is 0 Å². The van der Waals surface area contributed by atoms with Crippen LogP contribution in [0.1, 0.15) is 0 Å². The van der Waals surface area contributed by atoms with Crippen LogP contribution in [0, 0.1) is 0 Å². The first-order chi connectivity index (χ1) is 12.8. The molecule has 0 aromatic carbocycles. The van der Waals surface area contributed by atoms with Crippen molar-refractivity contribution in [1.29, 1.82) is 0 Å². The molecule has 0 fully saturated rings. The van der Waals surface area contributed by atoms with E-state index in [4.69, 9.17) is 25.5 Å². The van der Waals surface area contributed by atoms with Crippen LogP contribution in [0.25, 0.3) is 0 Å². The third-order valence-electron chi connectivity index (χ3n) is 0.818. The van der Waals surface area contributed by atoms with E-state index in [2.05, 4.69) is 0 Å². The minimum atomic E-state index is -4.51. The summed E-state index contributed by atoms with van der Waals surface area (Å²) in [6, 6.07) is 0. The molecule has 0 aromatic rings. The predicted octanol–water partition coefficient (Wildman–Crippen LogP) is -0.458. The first kappa shape index (κ1) is 44.2. The first-order valence-electron chi connectivity index (χ1n) is 6.05. The summed E-state index contributed by atoms with van der Waals surface area (Å²) >= 11 is 0. The van der Waals surface area contributed by atoms with Crippen molar-refractivity contribution >= 4 is 0 Å². The normalized spacial score (nSPS) is 11.6. The van der Waals surface area contributed by atoms with Crippen LogP contribution in [-0.4, -0.2) is 63.9 Å². The van der Waals surface area contributed by atoms with E-state index in [1.807, 2.05) is 0 Å². The number of halogens is 15. The smallest absolute Gasteiger partial charge is 0.848 e. The van der Waals surface area contributed by atoms with E-state index in [9.17, 15) is 65.9 Å². The second kappa shape index (κ2) is 20.1. The number of hydrogen-bond acceptors (Lipinski definition) is 5. The Morgan fingerprint density at radius 1 is 0.290 bits per heavy atom. The van der Waals surface area contributed by atoms with Crippen molar-refractivity contribution < 1.29 is 114 Å². The molecule has 190 valence electrons. The summed E-state index contributed by atoms with van der Waals surface area (Å²) in [5.41, 5.74) is 0. The van der Waals surface area contributed by atoms with Gasteiger partial charge in [0.25, 0.3) is 0 Å². The van der Waals surface area contributed by atoms with Gasteiger partial charge >= 0.3 is 53.3 Å². The summed E-state index contributed by atoms with van der Waals surface area (Å²) in [7, 11) is 0. The van der Waals surface area contributed by atoms with Gasteiger partial charge in [0.05, 0.1) is 0 Å². The predicted molar refractivity (Wildman–Crippen MR) is 54.6 cm³/mol. The molecule has 0 radical (unpaired) electrons. The maximum absolute atomic E-state index is 10.5. The molecule has 0 saturated heterocycles. The van der Waals surface area contributed by atoms with Crippen molar-refractivity contribution in [1.82, 2.24) is 0 Å². The molecule has 0 aromatic heterocycles. The SMILES string of the molecule is [Nb+5].[O-]CC(F)(F)F.[O-]CC(F)(F)F.[O-]CC(F)(F)F.[O-]CC(F)(F)F.[O-]CC(F)(F)F. The van der Waals surface area contributed by atoms with Crippen molar-refractivity contribution in [2.75, 3.05) is 33.0 Å². The van der Waals surface area contributed by atoms with Crippen LogP contribution >= 0.6 is 0 Å². The molecule has 0 bridgehead atoms. The van der Waals surface area contributed by atoms with Crippen molar-refractivity contribution in [3.63, 3.8) is 0 Å². The van der Waals surface area contributed by atoms with E-state index in [1.54, 1.807) is 0 Å². The number of hydrogen-bond donors (Lipinski definition) is 0. The molecule has 0 N–H and O–H groups in total. The van der Waals surface area contributed by atoms with Gasteiger partial charge in [0, 0.05) is 0 Å². The van der Waals surface area contributed by atoms with Gasteiger partial charge in [0.2, 0.25) is 0 Å². The third kappa shape index (κ3) is 106. The first-order valence-corrected chi connectivity index (χ1v) is 6.05. The Kier molecular flexibility index (Phi) is 28.7. The fourth-order valence-corrected chi connectivity index (χ4v) is 0. The zero-order valence-electron chi connectivity index (χ0n) is 14.2. The van der Waals surface area contributed by atoms with Gasteiger partial charge in [0.15, 0.2) is 0 Å². The van der Waals surface area contributed by atoms with Gasteiger partial charge in [-0.1, -0.05) is 0 Å². The van der Waals surface area contributed by atoms with E-state index < -0.39 is 63.9 Å². The summed E-state index contributed by atoms with van der Waals surface area (Å²) in [4.78, 5) is 0. The van der Waals surface area contributed by atoms with Crippen LogP contribution in [0.4, 0.5) is 65.9 Å². The Bertz CT molecular complexity index is 280. The van der Waals surface area contributed by atoms with E-state index in [1.165, 1.54) is 0 Å². The Morgan fingerprint density at radius 2 is 0.323 bits per heavy atom. The van der Waals surface area contributed by atoms with Gasteiger partial charge in [-0.05, 0) is 33.0 Å². The molecule has 0 saturated carbocycles. The van der Waals surface area contributed by atoms with Crippen molar-refractivity contribution in [3.8, 4) is 0 Å². The molecular weight excluding hydrogens is 578 g/mol. The van der Waals surface area contributed by atoms with Crippen LogP contribution in [0.2, 0.25) is 0 Å². The molecular formula is C10H10F15NbO5. The van der Waals surface area contributed by atoms with Gasteiger partial charge in [0.1, 0.15) is 0 Å². The molecule has 21 heteroatoms. The van der Waals surface area contributed by atoms with Crippen LogP contribution in [0.15, 0.2) is 0 Å². The summed E-state index contributed by atoms with van der Waals surface area (Å²) in [6.07, 6.45) is -22.6. The number of rotatable bonds is 0. The minimum Gasteiger partial charge on any atom is -0.848 e. The second-order valence-electron chi connectivity index (χ2n) is 3.80. The van der Waals surface area contributed by atoms with Gasteiger partial charge in [-0.25, -0.2) is 0 Å². The average Bonchev–Trinajstić information content (AvgIpc) is 2.54. The van der Waals surface area contributed by atoms with Gasteiger partial charge in [-0.15, -0.1) is 0 Å². The van der Waals surface area contributed by atoms with Crippen LogP contribution in [0.5, 0.6) is 0 Å². The minimum absolute atomic E-state index is 0. The topological polar surface area (TPSA) is 115 Å². The average molecular weight is 588 g/mol. The van der Waals surface area contributed by atoms with Crippen LogP contribution in [0.3, 0.4) is 0 Å². The summed E-state index contributed by atoms with van der Waals surface area (Å²) in [5.74, 6) is 0. The Morgan fingerprint density at radius 3 is 0.323 bits per heavy atom. The standard InChI is InChI=1S/5C2H2F3O.Nb/c5*3-2(4,5)1-6;/h5*1H2;/q5*-1;+5. The zero-order valence-corrected chi connectivity index (χ0v) is 16.4.